The van der Waals surface area contributed by atoms with Crippen molar-refractivity contribution in [2.45, 2.75) is 64.3 Å². The van der Waals surface area contributed by atoms with Crippen molar-refractivity contribution in [2.24, 2.45) is 17.3 Å². The summed E-state index contributed by atoms with van der Waals surface area (Å²) in [4.78, 5) is 41.2. The number of methoxy groups -OCH3 is 1. The third-order valence-electron chi connectivity index (χ3n) is 8.46. The van der Waals surface area contributed by atoms with E-state index in [2.05, 4.69) is 18.9 Å². The van der Waals surface area contributed by atoms with Crippen LogP contribution in [0.3, 0.4) is 0 Å². The number of nitrogens with zero attached hydrogens (tertiary/aromatic N) is 3. The van der Waals surface area contributed by atoms with Crippen molar-refractivity contribution in [3.63, 3.8) is 0 Å². The van der Waals surface area contributed by atoms with Gasteiger partial charge in [-0.25, -0.2) is 9.69 Å². The molecule has 33 heavy (non-hydrogen) atoms. The Labute approximate surface area is 193 Å². The summed E-state index contributed by atoms with van der Waals surface area (Å²) in [6, 6.07) is 7.43. The molecule has 0 spiro atoms. The number of carbonyl (C=O) groups excluding carboxylic acids is 3. The van der Waals surface area contributed by atoms with Crippen LogP contribution in [0.25, 0.3) is 0 Å². The normalized spacial score (nSPS) is 31.9. The van der Waals surface area contributed by atoms with Gasteiger partial charge in [0.15, 0.2) is 5.69 Å². The lowest BCUT2D eigenvalue weighted by molar-refractivity contribution is -0.0978. The van der Waals surface area contributed by atoms with E-state index in [4.69, 9.17) is 4.74 Å². The second-order valence-corrected chi connectivity index (χ2v) is 10.9. The molecule has 0 saturated heterocycles. The number of aryl methyl sites for hydroxylation is 1. The topological polar surface area (TPSA) is 81.5 Å². The summed E-state index contributed by atoms with van der Waals surface area (Å²) in [5.74, 6) is -0.375. The smallest absolute Gasteiger partial charge is 0.359 e. The van der Waals surface area contributed by atoms with Gasteiger partial charge in [-0.2, -0.15) is 5.10 Å². The predicted octanol–water partition coefficient (Wildman–Crippen LogP) is 4.35. The predicted molar refractivity (Wildman–Crippen MR) is 121 cm³/mol. The summed E-state index contributed by atoms with van der Waals surface area (Å²) >= 11 is 0. The van der Waals surface area contributed by atoms with Gasteiger partial charge in [-0.15, -0.1) is 0 Å². The van der Waals surface area contributed by atoms with Crippen LogP contribution in [0.5, 0.6) is 0 Å². The number of fused-ring (bicyclic) bond motifs is 1. The van der Waals surface area contributed by atoms with Crippen LogP contribution in [-0.2, 0) is 16.7 Å². The van der Waals surface area contributed by atoms with Crippen molar-refractivity contribution < 1.29 is 19.1 Å². The minimum absolute atomic E-state index is 0.0422. The van der Waals surface area contributed by atoms with Crippen molar-refractivity contribution >= 4 is 23.5 Å². The Balaban J connectivity index is 1.50. The number of rotatable bonds is 4. The first-order valence-corrected chi connectivity index (χ1v) is 12.0. The molecule has 4 bridgehead atoms. The van der Waals surface area contributed by atoms with E-state index in [1.54, 1.807) is 16.8 Å². The highest BCUT2D eigenvalue weighted by atomic mass is 16.5. The summed E-state index contributed by atoms with van der Waals surface area (Å²) in [5.41, 5.74) is 1.83. The van der Waals surface area contributed by atoms with Gasteiger partial charge in [0.2, 0.25) is 0 Å². The minimum atomic E-state index is -0.676. The van der Waals surface area contributed by atoms with E-state index in [-0.39, 0.29) is 27.9 Å². The Bertz CT molecular complexity index is 1180. The molecule has 5 aliphatic rings. The van der Waals surface area contributed by atoms with Crippen LogP contribution >= 0.6 is 0 Å². The molecule has 2 unspecified atom stereocenters. The number of aromatic nitrogens is 2. The molecule has 2 atom stereocenters. The molecule has 1 aliphatic heterocycles. The van der Waals surface area contributed by atoms with E-state index in [0.29, 0.717) is 17.5 Å². The molecule has 172 valence electrons. The summed E-state index contributed by atoms with van der Waals surface area (Å²) in [5, 5.41) is 4.65. The third-order valence-corrected chi connectivity index (χ3v) is 8.46. The lowest BCUT2D eigenvalue weighted by Crippen LogP contribution is -2.56. The van der Waals surface area contributed by atoms with Gasteiger partial charge in [0.1, 0.15) is 11.3 Å². The van der Waals surface area contributed by atoms with Crippen molar-refractivity contribution in [3.8, 4) is 0 Å². The van der Waals surface area contributed by atoms with Gasteiger partial charge < -0.3 is 4.74 Å². The molecule has 7 heteroatoms. The highest BCUT2D eigenvalue weighted by Crippen LogP contribution is 2.64. The standard InChI is InChI=1S/C26H29N3O4/c1-4-15-5-7-18(8-6-15)28-22(30)19-20(24(32)33-3)27-29(21(19)23(28)31)26-12-16-9-17(13-26)11-25(2,10-16)14-26/h5-8,16-17H,4,9-14H2,1-3H3. The van der Waals surface area contributed by atoms with Crippen molar-refractivity contribution in [1.29, 1.82) is 0 Å². The maximum absolute atomic E-state index is 13.8. The fraction of sp³-hybridized carbons (Fsp3) is 0.538. The van der Waals surface area contributed by atoms with Crippen LogP contribution in [0.4, 0.5) is 5.69 Å². The third kappa shape index (κ3) is 2.80. The Morgan fingerprint density at radius 1 is 1.09 bits per heavy atom. The molecule has 4 fully saturated rings. The largest absolute Gasteiger partial charge is 0.464 e. The zero-order valence-electron chi connectivity index (χ0n) is 19.4. The second-order valence-electron chi connectivity index (χ2n) is 10.9. The van der Waals surface area contributed by atoms with Gasteiger partial charge in [-0.1, -0.05) is 26.0 Å². The molecule has 2 amide bonds. The summed E-state index contributed by atoms with van der Waals surface area (Å²) in [6.45, 7) is 4.40. The Kier molecular flexibility index (Phi) is 4.24. The molecule has 2 heterocycles. The summed E-state index contributed by atoms with van der Waals surface area (Å²) in [6.07, 6.45) is 7.33. The molecule has 2 aromatic rings. The first-order chi connectivity index (χ1) is 15.8. The van der Waals surface area contributed by atoms with E-state index < -0.39 is 17.8 Å². The number of hydrogen-bond acceptors (Lipinski definition) is 5. The molecule has 7 rings (SSSR count). The SMILES string of the molecule is CCc1ccc(N2C(=O)c3c(C(=O)OC)nn(C45CC6CC(CC(C)(C6)C4)C5)c3C2=O)cc1. The fourth-order valence-corrected chi connectivity index (χ4v) is 7.74. The monoisotopic (exact) mass is 447 g/mol. The fourth-order valence-electron chi connectivity index (χ4n) is 7.74. The molecular weight excluding hydrogens is 418 g/mol. The molecule has 1 aromatic carbocycles. The van der Waals surface area contributed by atoms with Gasteiger partial charge in [-0.05, 0) is 79.9 Å². The lowest BCUT2D eigenvalue weighted by Gasteiger charge is -2.61. The van der Waals surface area contributed by atoms with Crippen LogP contribution in [0.15, 0.2) is 24.3 Å². The van der Waals surface area contributed by atoms with Crippen LogP contribution in [0.1, 0.15) is 89.3 Å². The molecule has 7 nitrogen and oxygen atoms in total. The quantitative estimate of drug-likeness (QED) is 0.514. The van der Waals surface area contributed by atoms with Crippen molar-refractivity contribution in [1.82, 2.24) is 9.78 Å². The summed E-state index contributed by atoms with van der Waals surface area (Å²) in [7, 11) is 1.28. The summed E-state index contributed by atoms with van der Waals surface area (Å²) < 4.78 is 6.75. The maximum atomic E-state index is 13.8. The first kappa shape index (κ1) is 20.6. The van der Waals surface area contributed by atoms with Gasteiger partial charge in [0.25, 0.3) is 11.8 Å². The Morgan fingerprint density at radius 3 is 2.33 bits per heavy atom. The van der Waals surface area contributed by atoms with E-state index in [9.17, 15) is 14.4 Å². The lowest BCUT2D eigenvalue weighted by atomic mass is 9.47. The highest BCUT2D eigenvalue weighted by Gasteiger charge is 2.59. The van der Waals surface area contributed by atoms with E-state index in [1.807, 2.05) is 12.1 Å². The van der Waals surface area contributed by atoms with Crippen LogP contribution in [-0.4, -0.2) is 34.7 Å². The number of ether oxygens (including phenoxy) is 1. The van der Waals surface area contributed by atoms with Crippen molar-refractivity contribution in [3.05, 3.63) is 46.8 Å². The molecular formula is C26H29N3O4. The van der Waals surface area contributed by atoms with E-state index in [0.717, 1.165) is 31.2 Å². The zero-order chi connectivity index (χ0) is 23.1. The van der Waals surface area contributed by atoms with E-state index >= 15 is 0 Å². The van der Waals surface area contributed by atoms with Crippen LogP contribution in [0.2, 0.25) is 0 Å². The molecule has 0 N–H and O–H groups in total. The number of benzene rings is 1. The Morgan fingerprint density at radius 2 is 1.76 bits per heavy atom. The molecule has 0 radical (unpaired) electrons. The van der Waals surface area contributed by atoms with E-state index in [1.165, 1.54) is 31.3 Å². The average molecular weight is 448 g/mol. The van der Waals surface area contributed by atoms with Crippen LogP contribution < -0.4 is 4.90 Å². The van der Waals surface area contributed by atoms with Crippen molar-refractivity contribution in [2.75, 3.05) is 12.0 Å². The second kappa shape index (κ2) is 6.78. The number of anilines is 1. The number of carbonyl (C=O) groups is 3. The molecule has 4 aliphatic carbocycles. The minimum Gasteiger partial charge on any atom is -0.464 e. The number of esters is 1. The molecule has 1 aromatic heterocycles. The van der Waals surface area contributed by atoms with Gasteiger partial charge in [-0.3, -0.25) is 14.3 Å². The number of imide groups is 1. The van der Waals surface area contributed by atoms with Crippen LogP contribution in [0, 0.1) is 17.3 Å². The number of hydrogen-bond donors (Lipinski definition) is 0. The zero-order valence-corrected chi connectivity index (χ0v) is 19.4. The number of amides is 2. The van der Waals surface area contributed by atoms with Gasteiger partial charge in [0, 0.05) is 0 Å². The van der Waals surface area contributed by atoms with Gasteiger partial charge in [0.05, 0.1) is 18.3 Å². The first-order valence-electron chi connectivity index (χ1n) is 12.0. The highest BCUT2D eigenvalue weighted by molar-refractivity contribution is 6.35. The van der Waals surface area contributed by atoms with Gasteiger partial charge >= 0.3 is 5.97 Å². The maximum Gasteiger partial charge on any atom is 0.359 e. The Hall–Kier alpha value is -2.96. The molecule has 4 saturated carbocycles. The average Bonchev–Trinajstić information content (AvgIpc) is 3.29.